The molecule has 1 unspecified atom stereocenters. The van der Waals surface area contributed by atoms with Gasteiger partial charge in [-0.15, -0.1) is 0 Å². The number of ketones is 1. The number of rotatable bonds is 8. The Bertz CT molecular complexity index is 1220. The van der Waals surface area contributed by atoms with E-state index in [-0.39, 0.29) is 30.9 Å². The number of amides is 2. The van der Waals surface area contributed by atoms with Crippen LogP contribution in [0.5, 0.6) is 0 Å². The number of aliphatic carboxylic acids is 1. The highest BCUT2D eigenvalue weighted by atomic mass is 16.5. The fourth-order valence-corrected chi connectivity index (χ4v) is 4.39. The number of aliphatic hydroxyl groups is 1. The molecule has 1 atom stereocenters. The maximum atomic E-state index is 12.9. The zero-order valence-electron chi connectivity index (χ0n) is 20.4. The van der Waals surface area contributed by atoms with Crippen molar-refractivity contribution in [2.75, 3.05) is 18.5 Å². The van der Waals surface area contributed by atoms with Gasteiger partial charge in [0.25, 0.3) is 0 Å². The number of carboxylic acid groups (broad SMARTS) is 1. The summed E-state index contributed by atoms with van der Waals surface area (Å²) < 4.78 is 5.29. The van der Waals surface area contributed by atoms with Gasteiger partial charge in [-0.3, -0.25) is 9.59 Å². The van der Waals surface area contributed by atoms with E-state index >= 15 is 0 Å². The Morgan fingerprint density at radius 3 is 2.32 bits per heavy atom. The highest BCUT2D eigenvalue weighted by Crippen LogP contribution is 2.36. The second-order valence-corrected chi connectivity index (χ2v) is 9.22. The lowest BCUT2D eigenvalue weighted by Crippen LogP contribution is -2.39. The molecular formula is C29H30N2O6. The third kappa shape index (κ3) is 6.61. The highest BCUT2D eigenvalue weighted by Gasteiger charge is 2.42. The number of hydrogen-bond acceptors (Lipinski definition) is 5. The molecule has 4 N–H and O–H groups in total. The second-order valence-electron chi connectivity index (χ2n) is 9.22. The van der Waals surface area contributed by atoms with Gasteiger partial charge in [0.05, 0.1) is 18.1 Å². The molecule has 1 aliphatic carbocycles. The van der Waals surface area contributed by atoms with Crippen LogP contribution in [0.15, 0.2) is 78.9 Å². The molecule has 1 aliphatic heterocycles. The van der Waals surface area contributed by atoms with Gasteiger partial charge in [0.1, 0.15) is 0 Å². The van der Waals surface area contributed by atoms with Crippen molar-refractivity contribution in [3.63, 3.8) is 0 Å². The zero-order chi connectivity index (χ0) is 26.3. The number of aliphatic hydroxyl groups excluding tert-OH is 1. The van der Waals surface area contributed by atoms with E-state index in [1.807, 2.05) is 42.5 Å². The number of carbonyl (C=O) groups excluding carboxylic acids is 2. The van der Waals surface area contributed by atoms with Crippen molar-refractivity contribution in [2.24, 2.45) is 5.41 Å². The molecule has 1 heterocycles. The van der Waals surface area contributed by atoms with Crippen molar-refractivity contribution in [1.82, 2.24) is 5.32 Å². The predicted molar refractivity (Wildman–Crippen MR) is 140 cm³/mol. The first-order valence-corrected chi connectivity index (χ1v) is 12.2. The molecular weight excluding hydrogens is 472 g/mol. The van der Waals surface area contributed by atoms with E-state index in [0.717, 1.165) is 16.7 Å². The van der Waals surface area contributed by atoms with Gasteiger partial charge in [-0.25, -0.2) is 4.79 Å². The zero-order valence-corrected chi connectivity index (χ0v) is 20.4. The van der Waals surface area contributed by atoms with Crippen molar-refractivity contribution in [3.05, 3.63) is 95.6 Å². The first-order valence-electron chi connectivity index (χ1n) is 12.2. The lowest BCUT2D eigenvalue weighted by molar-refractivity contribution is -0.154. The normalized spacial score (nSPS) is 18.4. The number of urea groups is 1. The average molecular weight is 503 g/mol. The molecule has 2 aliphatic rings. The van der Waals surface area contributed by atoms with Crippen molar-refractivity contribution in [2.45, 2.75) is 31.9 Å². The van der Waals surface area contributed by atoms with Crippen LogP contribution in [-0.4, -0.2) is 47.3 Å². The molecule has 2 amide bonds. The van der Waals surface area contributed by atoms with E-state index < -0.39 is 11.4 Å². The number of anilines is 1. The fraction of sp³-hybridized carbons (Fsp3) is 0.276. The van der Waals surface area contributed by atoms with E-state index in [0.29, 0.717) is 37.3 Å². The third-order valence-electron chi connectivity index (χ3n) is 6.71. The van der Waals surface area contributed by atoms with Crippen molar-refractivity contribution in [1.29, 1.82) is 0 Å². The molecule has 0 bridgehead atoms. The summed E-state index contributed by atoms with van der Waals surface area (Å²) in [6.45, 7) is 0.642. The molecule has 4 rings (SSSR count). The first kappa shape index (κ1) is 26.1. The standard InChI is InChI=1S/C29H30N2O6/c32-19-20-4-11-25(12-5-20)31-28(36)30-24-3-1-2-21(10-13-24)22-6-8-23(9-7-22)26(33)18-29(27(34)35)14-16-37-17-15-29/h1-13,24,32H,14-19H2,(H,34,35)(H2,30,31,36). The molecule has 0 spiro atoms. The molecule has 0 radical (unpaired) electrons. The van der Waals surface area contributed by atoms with Gasteiger partial charge in [-0.1, -0.05) is 66.8 Å². The van der Waals surface area contributed by atoms with Crippen LogP contribution in [0.25, 0.3) is 5.57 Å². The summed E-state index contributed by atoms with van der Waals surface area (Å²) >= 11 is 0. The molecule has 37 heavy (non-hydrogen) atoms. The number of Topliss-reactive ketones (excluding diaryl/α,β-unsaturated/α-hetero) is 1. The topological polar surface area (TPSA) is 125 Å². The lowest BCUT2D eigenvalue weighted by atomic mass is 9.75. The van der Waals surface area contributed by atoms with Gasteiger partial charge in [0.2, 0.25) is 0 Å². The van der Waals surface area contributed by atoms with Crippen LogP contribution in [0.1, 0.15) is 40.7 Å². The van der Waals surface area contributed by atoms with E-state index in [2.05, 4.69) is 10.6 Å². The van der Waals surface area contributed by atoms with Crippen LogP contribution in [0.2, 0.25) is 0 Å². The van der Waals surface area contributed by atoms with E-state index in [4.69, 9.17) is 9.84 Å². The SMILES string of the molecule is O=C(Nc1ccc(CO)cc1)NC1C=CC=C(c2ccc(C(=O)CC3(C(=O)O)CCOCC3)cc2)C=C1. The predicted octanol–water partition coefficient (Wildman–Crippen LogP) is 4.33. The summed E-state index contributed by atoms with van der Waals surface area (Å²) in [6.07, 6.45) is 10.0. The summed E-state index contributed by atoms with van der Waals surface area (Å²) in [6, 6.07) is 13.4. The Morgan fingerprint density at radius 2 is 1.68 bits per heavy atom. The Balaban J connectivity index is 1.35. The molecule has 8 heteroatoms. The molecule has 2 aromatic carbocycles. The largest absolute Gasteiger partial charge is 0.481 e. The minimum absolute atomic E-state index is 0.0443. The molecule has 8 nitrogen and oxygen atoms in total. The molecule has 192 valence electrons. The minimum Gasteiger partial charge on any atom is -0.481 e. The maximum absolute atomic E-state index is 12.9. The van der Waals surface area contributed by atoms with Crippen LogP contribution < -0.4 is 10.6 Å². The number of carbonyl (C=O) groups is 3. The summed E-state index contributed by atoms with van der Waals surface area (Å²) in [7, 11) is 0. The van der Waals surface area contributed by atoms with Gasteiger partial charge in [0.15, 0.2) is 5.78 Å². The number of allylic oxidation sites excluding steroid dienone is 4. The minimum atomic E-state index is -1.07. The number of nitrogens with one attached hydrogen (secondary N) is 2. The quantitative estimate of drug-likeness (QED) is 0.398. The first-order chi connectivity index (χ1) is 17.9. The van der Waals surface area contributed by atoms with Crippen molar-refractivity contribution >= 4 is 29.0 Å². The van der Waals surface area contributed by atoms with Crippen molar-refractivity contribution < 1.29 is 29.3 Å². The molecule has 0 aromatic heterocycles. The number of benzene rings is 2. The van der Waals surface area contributed by atoms with Gasteiger partial charge >= 0.3 is 12.0 Å². The highest BCUT2D eigenvalue weighted by molar-refractivity contribution is 5.99. The summed E-state index contributed by atoms with van der Waals surface area (Å²) in [4.78, 5) is 37.1. The van der Waals surface area contributed by atoms with Crippen LogP contribution in [0.3, 0.4) is 0 Å². The molecule has 0 saturated carbocycles. The van der Waals surface area contributed by atoms with Crippen LogP contribution in [0.4, 0.5) is 10.5 Å². The second kappa shape index (κ2) is 11.8. The Hall–Kier alpha value is -4.01. The Morgan fingerprint density at radius 1 is 0.973 bits per heavy atom. The Kier molecular flexibility index (Phi) is 8.32. The number of carboxylic acids is 1. The van der Waals surface area contributed by atoms with Gasteiger partial charge in [-0.05, 0) is 41.7 Å². The number of ether oxygens (including phenoxy) is 1. The molecule has 1 fully saturated rings. The van der Waals surface area contributed by atoms with Crippen LogP contribution >= 0.6 is 0 Å². The van der Waals surface area contributed by atoms with Gasteiger partial charge in [-0.2, -0.15) is 0 Å². The fourth-order valence-electron chi connectivity index (χ4n) is 4.39. The smallest absolute Gasteiger partial charge is 0.319 e. The lowest BCUT2D eigenvalue weighted by Gasteiger charge is -2.32. The summed E-state index contributed by atoms with van der Waals surface area (Å²) in [5, 5.41) is 24.5. The Labute approximate surface area is 215 Å². The van der Waals surface area contributed by atoms with E-state index in [1.165, 1.54) is 0 Å². The molecule has 1 saturated heterocycles. The van der Waals surface area contributed by atoms with Crippen LogP contribution in [-0.2, 0) is 16.1 Å². The summed E-state index contributed by atoms with van der Waals surface area (Å²) in [5.74, 6) is -1.14. The number of hydrogen-bond donors (Lipinski definition) is 4. The molecule has 2 aromatic rings. The monoisotopic (exact) mass is 502 g/mol. The van der Waals surface area contributed by atoms with Crippen LogP contribution in [0, 0.1) is 5.41 Å². The van der Waals surface area contributed by atoms with Crippen molar-refractivity contribution in [3.8, 4) is 0 Å². The third-order valence-corrected chi connectivity index (χ3v) is 6.71. The summed E-state index contributed by atoms with van der Waals surface area (Å²) in [5.41, 5.74) is 2.60. The van der Waals surface area contributed by atoms with Gasteiger partial charge in [0, 0.05) is 30.9 Å². The average Bonchev–Trinajstić information content (AvgIpc) is 3.15. The van der Waals surface area contributed by atoms with E-state index in [9.17, 15) is 19.5 Å². The van der Waals surface area contributed by atoms with Gasteiger partial charge < -0.3 is 25.6 Å². The maximum Gasteiger partial charge on any atom is 0.319 e. The van der Waals surface area contributed by atoms with E-state index in [1.54, 1.807) is 36.4 Å².